The molecule has 5 nitrogen and oxygen atoms in total. The van der Waals surface area contributed by atoms with Gasteiger partial charge in [-0.1, -0.05) is 12.1 Å². The van der Waals surface area contributed by atoms with Crippen LogP contribution in [0.4, 0.5) is 5.69 Å². The molecule has 1 N–H and O–H groups in total. The van der Waals surface area contributed by atoms with E-state index in [9.17, 15) is 14.4 Å². The summed E-state index contributed by atoms with van der Waals surface area (Å²) in [5, 5.41) is 2.76. The number of benzene rings is 1. The van der Waals surface area contributed by atoms with Gasteiger partial charge in [0.25, 0.3) is 0 Å². The predicted octanol–water partition coefficient (Wildman–Crippen LogP) is 3.50. The van der Waals surface area contributed by atoms with Gasteiger partial charge in [-0.3, -0.25) is 14.4 Å². The van der Waals surface area contributed by atoms with Crippen LogP contribution in [0.5, 0.6) is 0 Å². The van der Waals surface area contributed by atoms with Crippen LogP contribution in [0.2, 0.25) is 0 Å². The van der Waals surface area contributed by atoms with E-state index in [1.807, 2.05) is 24.3 Å². The lowest BCUT2D eigenvalue weighted by molar-refractivity contribution is -0.133. The van der Waals surface area contributed by atoms with E-state index < -0.39 is 0 Å². The molecule has 26 heavy (non-hydrogen) atoms. The number of hydrogen-bond donors (Lipinski definition) is 1. The van der Waals surface area contributed by atoms with E-state index in [0.717, 1.165) is 37.0 Å². The zero-order chi connectivity index (χ0) is 18.3. The molecular weight excluding hydrogens is 330 g/mol. The molecule has 1 aromatic rings. The van der Waals surface area contributed by atoms with Gasteiger partial charge in [0.2, 0.25) is 5.91 Å². The Hall–Kier alpha value is -2.43. The van der Waals surface area contributed by atoms with Gasteiger partial charge in [0, 0.05) is 43.4 Å². The van der Waals surface area contributed by atoms with Crippen LogP contribution >= 0.6 is 0 Å². The average molecular weight is 353 g/mol. The largest absolute Gasteiger partial charge is 0.494 e. The van der Waals surface area contributed by atoms with Gasteiger partial charge in [-0.05, 0) is 37.0 Å². The lowest BCUT2D eigenvalue weighted by atomic mass is 9.67. The number of nitrogens with one attached hydrogen (secondary N) is 1. The quantitative estimate of drug-likeness (QED) is 0.883. The maximum Gasteiger partial charge on any atom is 0.221 e. The van der Waals surface area contributed by atoms with Crippen LogP contribution in [-0.2, 0) is 19.1 Å². The highest BCUT2D eigenvalue weighted by Crippen LogP contribution is 2.48. The third-order valence-corrected chi connectivity index (χ3v) is 5.65. The molecule has 1 aromatic carbocycles. The molecule has 0 saturated heterocycles. The second-order valence-electron chi connectivity index (χ2n) is 7.44. The van der Waals surface area contributed by atoms with E-state index >= 15 is 0 Å². The summed E-state index contributed by atoms with van der Waals surface area (Å²) < 4.78 is 6.14. The fourth-order valence-electron chi connectivity index (χ4n) is 4.58. The summed E-state index contributed by atoms with van der Waals surface area (Å²) in [6.45, 7) is 1.47. The van der Waals surface area contributed by atoms with E-state index in [4.69, 9.17) is 4.74 Å². The van der Waals surface area contributed by atoms with Crippen molar-refractivity contribution in [3.8, 4) is 0 Å². The zero-order valence-corrected chi connectivity index (χ0v) is 14.9. The third kappa shape index (κ3) is 2.96. The number of carbonyl (C=O) groups is 3. The van der Waals surface area contributed by atoms with Crippen molar-refractivity contribution in [3.63, 3.8) is 0 Å². The number of rotatable bonds is 2. The van der Waals surface area contributed by atoms with Crippen LogP contribution in [0.1, 0.15) is 56.9 Å². The van der Waals surface area contributed by atoms with Gasteiger partial charge >= 0.3 is 0 Å². The van der Waals surface area contributed by atoms with E-state index in [2.05, 4.69) is 5.32 Å². The van der Waals surface area contributed by atoms with Gasteiger partial charge < -0.3 is 10.1 Å². The van der Waals surface area contributed by atoms with Crippen molar-refractivity contribution < 1.29 is 19.1 Å². The Bertz CT molecular complexity index is 793. The molecule has 1 heterocycles. The first-order valence-corrected chi connectivity index (χ1v) is 9.38. The normalized spacial score (nSPS) is 28.1. The first-order valence-electron chi connectivity index (χ1n) is 9.38. The van der Waals surface area contributed by atoms with Crippen molar-refractivity contribution in [2.45, 2.75) is 57.5 Å². The minimum atomic E-state index is -0.281. The van der Waals surface area contributed by atoms with Gasteiger partial charge in [-0.25, -0.2) is 0 Å². The molecule has 1 amide bonds. The Balaban J connectivity index is 1.77. The highest BCUT2D eigenvalue weighted by atomic mass is 16.5. The van der Waals surface area contributed by atoms with Crippen molar-refractivity contribution >= 4 is 23.2 Å². The highest BCUT2D eigenvalue weighted by Gasteiger charge is 2.48. The van der Waals surface area contributed by atoms with Crippen LogP contribution < -0.4 is 5.32 Å². The smallest absolute Gasteiger partial charge is 0.221 e. The van der Waals surface area contributed by atoms with Crippen LogP contribution in [-0.4, -0.2) is 23.6 Å². The van der Waals surface area contributed by atoms with Crippen molar-refractivity contribution in [3.05, 3.63) is 41.2 Å². The van der Waals surface area contributed by atoms with E-state index in [1.165, 1.54) is 6.92 Å². The molecule has 3 aliphatic rings. The summed E-state index contributed by atoms with van der Waals surface area (Å²) >= 11 is 0. The Morgan fingerprint density at radius 3 is 2.58 bits per heavy atom. The van der Waals surface area contributed by atoms with Crippen LogP contribution in [0, 0.1) is 5.92 Å². The predicted molar refractivity (Wildman–Crippen MR) is 96.6 cm³/mol. The second kappa shape index (κ2) is 6.71. The van der Waals surface area contributed by atoms with Gasteiger partial charge in [-0.2, -0.15) is 0 Å². The number of ketones is 2. The summed E-state index contributed by atoms with van der Waals surface area (Å²) in [6, 6.07) is 7.52. The van der Waals surface area contributed by atoms with Crippen molar-refractivity contribution in [1.29, 1.82) is 0 Å². The number of carbonyl (C=O) groups excluding carboxylic acids is 3. The zero-order valence-electron chi connectivity index (χ0n) is 14.9. The minimum absolute atomic E-state index is 0.110. The van der Waals surface area contributed by atoms with Crippen LogP contribution in [0.15, 0.2) is 35.6 Å². The number of fused-ring (bicyclic) bond motifs is 1. The van der Waals surface area contributed by atoms with Crippen molar-refractivity contribution in [2.24, 2.45) is 5.92 Å². The standard InChI is InChI=1S/C21H23NO4/c1-12(23)22-14-10-8-13(9-11-14)19-20-15(24)4-2-6-17(20)26-18-7-3-5-16(25)21(18)19/h8-11,17,19-20H,2-7H2,1H3,(H,22,23)/t17-,19+,20-/m0/s1. The second-order valence-corrected chi connectivity index (χ2v) is 7.44. The molecule has 0 unspecified atom stereocenters. The molecule has 0 radical (unpaired) electrons. The number of amides is 1. The number of ether oxygens (including phenoxy) is 1. The minimum Gasteiger partial charge on any atom is -0.494 e. The highest BCUT2D eigenvalue weighted by molar-refractivity contribution is 6.00. The summed E-state index contributed by atoms with van der Waals surface area (Å²) in [7, 11) is 0. The number of hydrogen-bond acceptors (Lipinski definition) is 4. The fourth-order valence-corrected chi connectivity index (χ4v) is 4.58. The molecule has 1 aliphatic heterocycles. The molecule has 0 bridgehead atoms. The molecule has 0 aromatic heterocycles. The molecule has 1 fully saturated rings. The first-order chi connectivity index (χ1) is 12.5. The van der Waals surface area contributed by atoms with Crippen LogP contribution in [0.25, 0.3) is 0 Å². The van der Waals surface area contributed by atoms with E-state index in [0.29, 0.717) is 24.1 Å². The molecule has 4 rings (SSSR count). The van der Waals surface area contributed by atoms with Gasteiger partial charge in [0.15, 0.2) is 5.78 Å². The van der Waals surface area contributed by atoms with E-state index in [1.54, 1.807) is 0 Å². The van der Waals surface area contributed by atoms with E-state index in [-0.39, 0.29) is 35.4 Å². The fraction of sp³-hybridized carbons (Fsp3) is 0.476. The van der Waals surface area contributed by atoms with Crippen molar-refractivity contribution in [1.82, 2.24) is 0 Å². The summed E-state index contributed by atoms with van der Waals surface area (Å²) in [5.41, 5.74) is 2.37. The third-order valence-electron chi connectivity index (χ3n) is 5.65. The topological polar surface area (TPSA) is 72.5 Å². The molecule has 1 saturated carbocycles. The molecule has 3 atom stereocenters. The monoisotopic (exact) mass is 353 g/mol. The summed E-state index contributed by atoms with van der Waals surface area (Å²) in [5.74, 6) is 0.472. The Morgan fingerprint density at radius 1 is 1.08 bits per heavy atom. The van der Waals surface area contributed by atoms with Gasteiger partial charge in [0.05, 0.1) is 5.92 Å². The van der Waals surface area contributed by atoms with Crippen LogP contribution in [0.3, 0.4) is 0 Å². The summed E-state index contributed by atoms with van der Waals surface area (Å²) in [6.07, 6.45) is 4.26. The molecule has 0 spiro atoms. The van der Waals surface area contributed by atoms with Gasteiger partial charge in [-0.15, -0.1) is 0 Å². The molecular formula is C21H23NO4. The summed E-state index contributed by atoms with van der Waals surface area (Å²) in [4.78, 5) is 36.7. The number of anilines is 1. The molecule has 2 aliphatic carbocycles. The number of Topliss-reactive ketones (excluding diaryl/α,β-unsaturated/α-hetero) is 2. The van der Waals surface area contributed by atoms with Gasteiger partial charge in [0.1, 0.15) is 17.6 Å². The van der Waals surface area contributed by atoms with Crippen molar-refractivity contribution in [2.75, 3.05) is 5.32 Å². The molecule has 5 heteroatoms. The lowest BCUT2D eigenvalue weighted by Gasteiger charge is -2.43. The lowest BCUT2D eigenvalue weighted by Crippen LogP contribution is -2.44. The maximum absolute atomic E-state index is 12.7. The first kappa shape index (κ1) is 17.0. The SMILES string of the molecule is CC(=O)Nc1ccc([C@H]2C3=C(CCCC3=O)O[C@H]3CCCC(=O)[C@@H]32)cc1. The average Bonchev–Trinajstić information content (AvgIpc) is 2.61. The Morgan fingerprint density at radius 2 is 1.85 bits per heavy atom. The molecule has 136 valence electrons. The Kier molecular flexibility index (Phi) is 4.39. The number of allylic oxidation sites excluding steroid dienone is 2. The maximum atomic E-state index is 12.7. The Labute approximate surface area is 152 Å².